The third-order valence-corrected chi connectivity index (χ3v) is 15.4. The van der Waals surface area contributed by atoms with E-state index in [9.17, 15) is 0 Å². The Kier molecular flexibility index (Phi) is 57.1. The summed E-state index contributed by atoms with van der Waals surface area (Å²) in [5, 5.41) is 0. The second-order valence-corrected chi connectivity index (χ2v) is 28.8. The Morgan fingerprint density at radius 2 is 0.750 bits per heavy atom. The fraction of sp³-hybridized carbons (Fsp3) is 0.816. The topological polar surface area (TPSA) is 0 Å². The van der Waals surface area contributed by atoms with E-state index in [0.717, 1.165) is 101 Å². The second-order valence-electron chi connectivity index (χ2n) is 28.8. The van der Waals surface area contributed by atoms with Crippen molar-refractivity contribution in [3.63, 3.8) is 0 Å². The maximum atomic E-state index is 3.60. The lowest BCUT2D eigenvalue weighted by molar-refractivity contribution is 0.305. The molecule has 0 bridgehead atoms. The van der Waals surface area contributed by atoms with Crippen LogP contribution in [0.3, 0.4) is 0 Å². The van der Waals surface area contributed by atoms with Gasteiger partial charge in [0.1, 0.15) is 0 Å². The molecule has 0 N–H and O–H groups in total. The predicted octanol–water partition coefficient (Wildman–Crippen LogP) is 26.4. The Morgan fingerprint density at radius 1 is 0.395 bits per heavy atom. The van der Waals surface area contributed by atoms with Gasteiger partial charge in [-0.3, -0.25) is 0 Å². The van der Waals surface area contributed by atoms with E-state index < -0.39 is 0 Å². The molecule has 76 heavy (non-hydrogen) atoms. The molecular weight excluding hydrogens is 913 g/mol. The highest BCUT2D eigenvalue weighted by Gasteiger charge is 2.21. The Morgan fingerprint density at radius 3 is 0.947 bits per heavy atom. The van der Waals surface area contributed by atoms with Gasteiger partial charge in [-0.05, 0) is 157 Å². The van der Waals surface area contributed by atoms with Crippen molar-refractivity contribution in [2.45, 2.75) is 308 Å². The van der Waals surface area contributed by atoms with Gasteiger partial charge in [-0.15, -0.1) is 6.58 Å². The van der Waals surface area contributed by atoms with Crippen molar-refractivity contribution in [3.8, 4) is 0 Å². The zero-order valence-electron chi connectivity index (χ0n) is 57.1. The number of rotatable bonds is 19. The minimum atomic E-state index is 0.766. The van der Waals surface area contributed by atoms with E-state index >= 15 is 0 Å². The van der Waals surface area contributed by atoms with Crippen LogP contribution in [0.1, 0.15) is 306 Å². The van der Waals surface area contributed by atoms with Crippen molar-refractivity contribution in [3.05, 3.63) is 84.4 Å². The van der Waals surface area contributed by atoms with E-state index in [2.05, 4.69) is 240 Å². The van der Waals surface area contributed by atoms with E-state index in [4.69, 9.17) is 0 Å². The van der Waals surface area contributed by atoms with Crippen LogP contribution in [-0.2, 0) is 12.8 Å². The molecule has 2 aromatic rings. The number of benzene rings is 2. The van der Waals surface area contributed by atoms with Crippen molar-refractivity contribution in [2.24, 2.45) is 94.7 Å². The molecule has 0 radical (unpaired) electrons. The summed E-state index contributed by atoms with van der Waals surface area (Å²) >= 11 is 0. The Labute approximate surface area is 484 Å². The van der Waals surface area contributed by atoms with Gasteiger partial charge >= 0.3 is 0 Å². The molecule has 1 atom stereocenters. The van der Waals surface area contributed by atoms with Crippen LogP contribution in [-0.4, -0.2) is 0 Å². The van der Waals surface area contributed by atoms with Crippen LogP contribution >= 0.6 is 0 Å². The Bertz CT molecular complexity index is 1340. The molecule has 0 spiro atoms. The van der Waals surface area contributed by atoms with Crippen molar-refractivity contribution in [1.29, 1.82) is 0 Å². The standard InChI is InChI=1S/C11H16.2C10H20.C10H14.C8H18.C7H14.2C7H16.C6H12/c1-10(2)8-9-11-6-4-3-5-7-11;3*1-9(2)8-10-6-4-3-5-7-10;1-6(2)8(5)7(3)4;1-6(2)5-7-3-4-7;1-6(2)5-7(3)4;1-5-7(4)6(2)3;1-4-5-6(2)3/h3-7,10H,8-9H2,1-2H3;2*9-10H,3-8H2,1-2H3;3-7,9H,8H2,1-2H3;6-8H,1-5H3;6-7H,3-5H2,1-2H3;2*6-7H,5H2,1-4H3;4,6H,1,5H2,2-3H3. The van der Waals surface area contributed by atoms with Gasteiger partial charge in [0, 0.05) is 0 Å². The highest BCUT2D eigenvalue weighted by atomic mass is 14.3. The predicted molar refractivity (Wildman–Crippen MR) is 356 cm³/mol. The molecule has 0 heteroatoms. The summed E-state index contributed by atoms with van der Waals surface area (Å²) in [5.74, 6) is 14.5. The monoisotopic (exact) mass is 1060 g/mol. The fourth-order valence-electron chi connectivity index (χ4n) is 9.90. The van der Waals surface area contributed by atoms with Crippen LogP contribution < -0.4 is 0 Å². The normalized spacial score (nSPS) is 15.0. The quantitative estimate of drug-likeness (QED) is 0.123. The molecule has 450 valence electrons. The molecular formula is C76H146. The van der Waals surface area contributed by atoms with Gasteiger partial charge in [0.05, 0.1) is 0 Å². The van der Waals surface area contributed by atoms with Gasteiger partial charge in [0.25, 0.3) is 0 Å². The Balaban J connectivity index is -0.000000386. The van der Waals surface area contributed by atoms with Gasteiger partial charge in [-0.2, -0.15) is 0 Å². The molecule has 3 saturated carbocycles. The molecule has 5 rings (SSSR count). The van der Waals surface area contributed by atoms with Crippen molar-refractivity contribution in [1.82, 2.24) is 0 Å². The average molecular weight is 1060 g/mol. The first-order valence-corrected chi connectivity index (χ1v) is 33.3. The number of allylic oxidation sites excluding steroid dienone is 1. The first kappa shape index (κ1) is 80.7. The van der Waals surface area contributed by atoms with E-state index in [-0.39, 0.29) is 0 Å². The SMILES string of the molecule is C=CCC(C)C.CC(C)C(C)C(C)C.CC(C)CC(C)C.CC(C)CC1CC1.CC(C)CC1CCCCC1.CC(C)CC1CCCCC1.CC(C)CCc1ccccc1.CC(C)Cc1ccccc1.CCC(C)C(C)C. The van der Waals surface area contributed by atoms with Gasteiger partial charge in [-0.25, -0.2) is 0 Å². The number of hydrogen-bond donors (Lipinski definition) is 0. The van der Waals surface area contributed by atoms with Crippen LogP contribution in [0.5, 0.6) is 0 Å². The smallest absolute Gasteiger partial charge is 0.0256 e. The largest absolute Gasteiger partial charge is 0.103 e. The Hall–Kier alpha value is -1.82. The minimum Gasteiger partial charge on any atom is -0.103 e. The lowest BCUT2D eigenvalue weighted by Crippen LogP contribution is -2.10. The summed E-state index contributed by atoms with van der Waals surface area (Å²) in [4.78, 5) is 0. The van der Waals surface area contributed by atoms with Crippen LogP contribution in [0, 0.1) is 94.7 Å². The molecule has 0 aliphatic heterocycles. The molecule has 0 nitrogen and oxygen atoms in total. The third kappa shape index (κ3) is 64.7. The zero-order chi connectivity index (χ0) is 59.0. The average Bonchev–Trinajstić information content (AvgIpc) is 4.16. The van der Waals surface area contributed by atoms with E-state index in [1.807, 2.05) is 6.08 Å². The van der Waals surface area contributed by atoms with Gasteiger partial charge in [-0.1, -0.05) is 323 Å². The van der Waals surface area contributed by atoms with E-state index in [0.29, 0.717) is 0 Å². The maximum Gasteiger partial charge on any atom is -0.0256 e. The summed E-state index contributed by atoms with van der Waals surface area (Å²) in [5.41, 5.74) is 2.90. The van der Waals surface area contributed by atoms with E-state index in [1.165, 1.54) is 140 Å². The van der Waals surface area contributed by atoms with Crippen LogP contribution in [0.15, 0.2) is 73.3 Å². The molecule has 2 aromatic carbocycles. The fourth-order valence-corrected chi connectivity index (χ4v) is 9.90. The molecule has 0 amide bonds. The van der Waals surface area contributed by atoms with Crippen molar-refractivity contribution in [2.75, 3.05) is 0 Å². The molecule has 3 aliphatic rings. The summed E-state index contributed by atoms with van der Waals surface area (Å²) < 4.78 is 0. The third-order valence-electron chi connectivity index (χ3n) is 15.4. The van der Waals surface area contributed by atoms with Gasteiger partial charge in [0.15, 0.2) is 0 Å². The lowest BCUT2D eigenvalue weighted by Gasteiger charge is -2.22. The zero-order valence-corrected chi connectivity index (χ0v) is 57.1. The van der Waals surface area contributed by atoms with Crippen molar-refractivity contribution >= 4 is 0 Å². The first-order valence-electron chi connectivity index (χ1n) is 33.3. The van der Waals surface area contributed by atoms with Crippen molar-refractivity contribution < 1.29 is 0 Å². The number of aryl methyl sites for hydroxylation is 1. The molecule has 0 saturated heterocycles. The van der Waals surface area contributed by atoms with Crippen LogP contribution in [0.25, 0.3) is 0 Å². The van der Waals surface area contributed by atoms with E-state index in [1.54, 1.807) is 0 Å². The molecule has 0 heterocycles. The highest BCUT2D eigenvalue weighted by molar-refractivity contribution is 5.15. The minimum absolute atomic E-state index is 0.766. The second kappa shape index (κ2) is 53.8. The molecule has 3 fully saturated rings. The lowest BCUT2D eigenvalue weighted by atomic mass is 9.84. The van der Waals surface area contributed by atoms with Crippen LogP contribution in [0.2, 0.25) is 0 Å². The van der Waals surface area contributed by atoms with Crippen LogP contribution in [0.4, 0.5) is 0 Å². The first-order chi connectivity index (χ1) is 35.6. The summed E-state index contributed by atoms with van der Waals surface area (Å²) in [6.07, 6.45) is 31.9. The van der Waals surface area contributed by atoms with Gasteiger partial charge < -0.3 is 0 Å². The van der Waals surface area contributed by atoms with Gasteiger partial charge in [0.2, 0.25) is 0 Å². The molecule has 0 aromatic heterocycles. The highest BCUT2D eigenvalue weighted by Crippen LogP contribution is 2.35. The summed E-state index contributed by atoms with van der Waals surface area (Å²) in [6.45, 7) is 60.5. The summed E-state index contributed by atoms with van der Waals surface area (Å²) in [6, 6.07) is 21.3. The molecule has 3 aliphatic carbocycles. The summed E-state index contributed by atoms with van der Waals surface area (Å²) in [7, 11) is 0. The maximum absolute atomic E-state index is 3.60. The molecule has 1 unspecified atom stereocenters. The number of hydrogen-bond acceptors (Lipinski definition) is 0.